The van der Waals surface area contributed by atoms with Crippen molar-refractivity contribution >= 4 is 52.8 Å². The second kappa shape index (κ2) is 8.55. The van der Waals surface area contributed by atoms with Crippen molar-refractivity contribution in [2.24, 2.45) is 0 Å². The van der Waals surface area contributed by atoms with Gasteiger partial charge in [-0.2, -0.15) is 0 Å². The fourth-order valence-electron chi connectivity index (χ4n) is 2.76. The van der Waals surface area contributed by atoms with Crippen LogP contribution in [0.15, 0.2) is 42.0 Å². The summed E-state index contributed by atoms with van der Waals surface area (Å²) in [6, 6.07) is 8.55. The highest BCUT2D eigenvalue weighted by Crippen LogP contribution is 2.35. The van der Waals surface area contributed by atoms with E-state index in [0.717, 1.165) is 4.90 Å². The second-order valence-corrected chi connectivity index (χ2v) is 6.66. The highest BCUT2D eigenvalue weighted by molar-refractivity contribution is 6.46. The Bertz CT molecular complexity index is 1040. The van der Waals surface area contributed by atoms with Crippen LogP contribution in [0.25, 0.3) is 6.08 Å². The van der Waals surface area contributed by atoms with Gasteiger partial charge in [-0.3, -0.25) is 14.9 Å². The number of benzene rings is 2. The smallest absolute Gasteiger partial charge is 0.336 e. The largest absolute Gasteiger partial charge is 0.493 e. The molecule has 0 aliphatic carbocycles. The molecule has 0 saturated carbocycles. The molecule has 0 aromatic heterocycles. The van der Waals surface area contributed by atoms with Gasteiger partial charge in [0, 0.05) is 0 Å². The Morgan fingerprint density at radius 3 is 2.55 bits per heavy atom. The van der Waals surface area contributed by atoms with E-state index in [-0.39, 0.29) is 21.3 Å². The van der Waals surface area contributed by atoms with Crippen molar-refractivity contribution in [1.29, 1.82) is 0 Å². The number of urea groups is 1. The molecule has 2 aromatic carbocycles. The number of amides is 4. The van der Waals surface area contributed by atoms with Crippen LogP contribution < -0.4 is 19.7 Å². The van der Waals surface area contributed by atoms with E-state index in [1.807, 2.05) is 6.92 Å². The topological polar surface area (TPSA) is 84.9 Å². The Hall–Kier alpha value is -3.03. The zero-order chi connectivity index (χ0) is 21.1. The van der Waals surface area contributed by atoms with E-state index in [2.05, 4.69) is 5.32 Å². The molecule has 0 atom stereocenters. The fraction of sp³-hybridized carbons (Fsp3) is 0.150. The predicted octanol–water partition coefficient (Wildman–Crippen LogP) is 4.07. The maximum absolute atomic E-state index is 13.0. The van der Waals surface area contributed by atoms with Gasteiger partial charge in [0.05, 0.1) is 29.4 Å². The number of rotatable bonds is 5. The normalized spacial score (nSPS) is 15.5. The number of anilines is 1. The summed E-state index contributed by atoms with van der Waals surface area (Å²) in [5.74, 6) is -0.673. The molecule has 7 nitrogen and oxygen atoms in total. The zero-order valence-electron chi connectivity index (χ0n) is 15.5. The number of nitrogens with zero attached hydrogens (tertiary/aromatic N) is 1. The van der Waals surface area contributed by atoms with Gasteiger partial charge in [0.1, 0.15) is 5.57 Å². The molecule has 1 fully saturated rings. The van der Waals surface area contributed by atoms with Gasteiger partial charge in [-0.25, -0.2) is 9.69 Å². The Morgan fingerprint density at radius 1 is 1.10 bits per heavy atom. The first-order chi connectivity index (χ1) is 13.9. The lowest BCUT2D eigenvalue weighted by atomic mass is 10.1. The molecule has 1 aliphatic heterocycles. The summed E-state index contributed by atoms with van der Waals surface area (Å²) in [4.78, 5) is 38.3. The lowest BCUT2D eigenvalue weighted by molar-refractivity contribution is -0.122. The summed E-state index contributed by atoms with van der Waals surface area (Å²) < 4.78 is 10.7. The molecule has 1 N–H and O–H groups in total. The molecule has 0 radical (unpaired) electrons. The van der Waals surface area contributed by atoms with E-state index in [1.165, 1.54) is 25.3 Å². The molecule has 1 aliphatic rings. The van der Waals surface area contributed by atoms with Gasteiger partial charge in [0.2, 0.25) is 0 Å². The van der Waals surface area contributed by atoms with E-state index < -0.39 is 17.8 Å². The average molecular weight is 435 g/mol. The van der Waals surface area contributed by atoms with Gasteiger partial charge < -0.3 is 9.47 Å². The van der Waals surface area contributed by atoms with Gasteiger partial charge >= 0.3 is 6.03 Å². The molecule has 150 valence electrons. The lowest BCUT2D eigenvalue weighted by Crippen LogP contribution is -2.54. The first-order valence-corrected chi connectivity index (χ1v) is 9.29. The summed E-state index contributed by atoms with van der Waals surface area (Å²) in [5.41, 5.74) is 0.339. The van der Waals surface area contributed by atoms with Crippen LogP contribution in [0.5, 0.6) is 11.5 Å². The van der Waals surface area contributed by atoms with Crippen LogP contribution >= 0.6 is 23.2 Å². The van der Waals surface area contributed by atoms with Crippen molar-refractivity contribution in [1.82, 2.24) is 5.32 Å². The molecule has 3 rings (SSSR count). The summed E-state index contributed by atoms with van der Waals surface area (Å²) >= 11 is 12.1. The van der Waals surface area contributed by atoms with Crippen LogP contribution in [0, 0.1) is 0 Å². The number of halogens is 2. The number of hydrogen-bond acceptors (Lipinski definition) is 5. The van der Waals surface area contributed by atoms with Crippen molar-refractivity contribution in [3.05, 3.63) is 57.6 Å². The number of nitrogens with one attached hydrogen (secondary N) is 1. The van der Waals surface area contributed by atoms with Crippen molar-refractivity contribution in [2.75, 3.05) is 18.6 Å². The number of imide groups is 2. The Labute approximate surface area is 176 Å². The maximum atomic E-state index is 13.0. The standard InChI is InChI=1S/C20H16Cl2N2O5/c1-3-29-15-8-7-11(10-16(15)28-2)9-12-18(25)23-20(27)24(19(12)26)14-6-4-5-13(21)17(14)22/h4-10H,3H2,1-2H3,(H,23,25,27)/b12-9+. The third-order valence-corrected chi connectivity index (χ3v) is 4.88. The Morgan fingerprint density at radius 2 is 1.86 bits per heavy atom. The number of methoxy groups -OCH3 is 1. The third kappa shape index (κ3) is 4.06. The lowest BCUT2D eigenvalue weighted by Gasteiger charge is -2.27. The van der Waals surface area contributed by atoms with E-state index in [4.69, 9.17) is 32.7 Å². The first kappa shape index (κ1) is 20.7. The van der Waals surface area contributed by atoms with Gasteiger partial charge in [-0.1, -0.05) is 35.3 Å². The van der Waals surface area contributed by atoms with Crippen LogP contribution in [0.1, 0.15) is 12.5 Å². The Balaban J connectivity index is 2.03. The minimum atomic E-state index is -0.911. The van der Waals surface area contributed by atoms with Gasteiger partial charge in [0.15, 0.2) is 11.5 Å². The molecule has 9 heteroatoms. The van der Waals surface area contributed by atoms with Crippen molar-refractivity contribution in [2.45, 2.75) is 6.92 Å². The summed E-state index contributed by atoms with van der Waals surface area (Å²) in [6.07, 6.45) is 1.35. The highest BCUT2D eigenvalue weighted by Gasteiger charge is 2.38. The minimum Gasteiger partial charge on any atom is -0.493 e. The number of barbiturate groups is 1. The molecule has 29 heavy (non-hydrogen) atoms. The van der Waals surface area contributed by atoms with E-state index >= 15 is 0 Å². The molecule has 1 saturated heterocycles. The first-order valence-electron chi connectivity index (χ1n) is 8.53. The van der Waals surface area contributed by atoms with E-state index in [1.54, 1.807) is 24.3 Å². The van der Waals surface area contributed by atoms with E-state index in [0.29, 0.717) is 23.7 Å². The van der Waals surface area contributed by atoms with Crippen molar-refractivity contribution < 1.29 is 23.9 Å². The molecule has 0 unspecified atom stereocenters. The van der Waals surface area contributed by atoms with Crippen LogP contribution in [0.3, 0.4) is 0 Å². The van der Waals surface area contributed by atoms with Crippen molar-refractivity contribution in [3.63, 3.8) is 0 Å². The van der Waals surface area contributed by atoms with Crippen molar-refractivity contribution in [3.8, 4) is 11.5 Å². The monoisotopic (exact) mass is 434 g/mol. The predicted molar refractivity (Wildman–Crippen MR) is 110 cm³/mol. The van der Waals surface area contributed by atoms with Gasteiger partial charge in [0.25, 0.3) is 11.8 Å². The SMILES string of the molecule is CCOc1ccc(/C=C2\C(=O)NC(=O)N(c3cccc(Cl)c3Cl)C2=O)cc1OC. The average Bonchev–Trinajstić information content (AvgIpc) is 2.69. The van der Waals surface area contributed by atoms with Gasteiger partial charge in [-0.15, -0.1) is 0 Å². The number of carbonyl (C=O) groups excluding carboxylic acids is 3. The highest BCUT2D eigenvalue weighted by atomic mass is 35.5. The molecular formula is C20H16Cl2N2O5. The maximum Gasteiger partial charge on any atom is 0.336 e. The van der Waals surface area contributed by atoms with Crippen LogP contribution in [-0.4, -0.2) is 31.6 Å². The molecule has 4 amide bonds. The molecule has 1 heterocycles. The van der Waals surface area contributed by atoms with Crippen LogP contribution in [-0.2, 0) is 9.59 Å². The Kier molecular flexibility index (Phi) is 6.10. The summed E-state index contributed by atoms with van der Waals surface area (Å²) in [6.45, 7) is 2.29. The fourth-order valence-corrected chi connectivity index (χ4v) is 3.14. The summed E-state index contributed by atoms with van der Waals surface area (Å²) in [5, 5.41) is 2.33. The molecule has 0 bridgehead atoms. The molecular weight excluding hydrogens is 419 g/mol. The quantitative estimate of drug-likeness (QED) is 0.566. The van der Waals surface area contributed by atoms with Crippen LogP contribution in [0.4, 0.5) is 10.5 Å². The number of hydrogen-bond donors (Lipinski definition) is 1. The van der Waals surface area contributed by atoms with Crippen LogP contribution in [0.2, 0.25) is 10.0 Å². The summed E-state index contributed by atoms with van der Waals surface area (Å²) in [7, 11) is 1.48. The zero-order valence-corrected chi connectivity index (χ0v) is 17.0. The number of carbonyl (C=O) groups is 3. The molecule has 2 aromatic rings. The minimum absolute atomic E-state index is 0.0223. The number of ether oxygens (including phenoxy) is 2. The van der Waals surface area contributed by atoms with E-state index in [9.17, 15) is 14.4 Å². The molecule has 0 spiro atoms. The second-order valence-electron chi connectivity index (χ2n) is 5.87. The third-order valence-electron chi connectivity index (χ3n) is 4.07. The van der Waals surface area contributed by atoms with Gasteiger partial charge in [-0.05, 0) is 42.8 Å².